The molecular weight excluding hydrogens is 496 g/mol. The van der Waals surface area contributed by atoms with Crippen molar-refractivity contribution >= 4 is 34.8 Å². The maximum Gasteiger partial charge on any atom is 0.336 e. The molecule has 206 valence electrons. The molecule has 3 rings (SSSR count). The number of amides is 1. The van der Waals surface area contributed by atoms with Crippen molar-refractivity contribution in [1.82, 2.24) is 10.3 Å². The van der Waals surface area contributed by atoms with Gasteiger partial charge < -0.3 is 19.9 Å². The molecule has 0 fully saturated rings. The number of aromatic carboxylic acids is 1. The maximum absolute atomic E-state index is 13.2. The summed E-state index contributed by atoms with van der Waals surface area (Å²) in [6.07, 6.45) is 4.12. The number of nitrogens with one attached hydrogen (secondary N) is 1. The number of aromatic nitrogens is 1. The highest BCUT2D eigenvalue weighted by atomic mass is 16.5. The molecule has 1 atom stereocenters. The summed E-state index contributed by atoms with van der Waals surface area (Å²) in [5.41, 5.74) is 1.40. The van der Waals surface area contributed by atoms with Gasteiger partial charge in [0.25, 0.3) is 5.91 Å². The molecule has 1 amide bonds. The molecule has 0 bridgehead atoms. The van der Waals surface area contributed by atoms with Gasteiger partial charge in [-0.25, -0.2) is 14.6 Å². The minimum Gasteiger partial charge on any atom is -0.488 e. The van der Waals surface area contributed by atoms with Crippen molar-refractivity contribution in [2.75, 3.05) is 7.11 Å². The Labute approximate surface area is 229 Å². The van der Waals surface area contributed by atoms with E-state index in [9.17, 15) is 19.5 Å². The molecule has 1 heterocycles. The van der Waals surface area contributed by atoms with Crippen molar-refractivity contribution in [3.05, 3.63) is 77.0 Å². The number of esters is 1. The number of carbonyl (C=O) groups excluding carboxylic acids is 2. The average Bonchev–Trinajstić information content (AvgIpc) is 2.85. The van der Waals surface area contributed by atoms with Crippen LogP contribution < -0.4 is 10.1 Å². The molecule has 0 saturated heterocycles. The predicted molar refractivity (Wildman–Crippen MR) is 151 cm³/mol. The van der Waals surface area contributed by atoms with Crippen LogP contribution in [0.3, 0.4) is 0 Å². The van der Waals surface area contributed by atoms with E-state index in [0.717, 1.165) is 11.1 Å². The van der Waals surface area contributed by atoms with Gasteiger partial charge in [-0.3, -0.25) is 4.79 Å². The van der Waals surface area contributed by atoms with E-state index < -0.39 is 23.9 Å². The monoisotopic (exact) mass is 532 g/mol. The van der Waals surface area contributed by atoms with Gasteiger partial charge in [-0.05, 0) is 67.6 Å². The van der Waals surface area contributed by atoms with Gasteiger partial charge in [0.05, 0.1) is 18.2 Å². The van der Waals surface area contributed by atoms with Gasteiger partial charge in [-0.15, -0.1) is 0 Å². The summed E-state index contributed by atoms with van der Waals surface area (Å²) < 4.78 is 10.7. The molecule has 39 heavy (non-hydrogen) atoms. The fourth-order valence-electron chi connectivity index (χ4n) is 3.84. The highest BCUT2D eigenvalue weighted by Crippen LogP contribution is 2.24. The second-order valence-electron chi connectivity index (χ2n) is 11.4. The number of pyridine rings is 1. The molecule has 0 saturated carbocycles. The maximum atomic E-state index is 13.2. The van der Waals surface area contributed by atoms with Crippen molar-refractivity contribution in [1.29, 1.82) is 0 Å². The predicted octanol–water partition coefficient (Wildman–Crippen LogP) is 5.68. The van der Waals surface area contributed by atoms with Crippen LogP contribution in [0.25, 0.3) is 17.0 Å². The Hall–Kier alpha value is -4.20. The number of nitrogens with zero attached hydrogens (tertiary/aromatic N) is 1. The lowest BCUT2D eigenvalue weighted by molar-refractivity contribution is -0.142. The number of ether oxygens (including phenoxy) is 2. The number of hydrogen-bond donors (Lipinski definition) is 2. The molecule has 8 nitrogen and oxygen atoms in total. The number of hydrogen-bond acceptors (Lipinski definition) is 6. The molecule has 3 aromatic rings. The van der Waals surface area contributed by atoms with E-state index in [0.29, 0.717) is 16.7 Å². The van der Waals surface area contributed by atoms with Gasteiger partial charge in [-0.1, -0.05) is 51.1 Å². The van der Waals surface area contributed by atoms with E-state index >= 15 is 0 Å². The third kappa shape index (κ3) is 8.40. The normalized spacial score (nSPS) is 12.8. The van der Waals surface area contributed by atoms with E-state index in [4.69, 9.17) is 9.47 Å². The zero-order chi connectivity index (χ0) is 29.0. The summed E-state index contributed by atoms with van der Waals surface area (Å²) >= 11 is 0. The van der Waals surface area contributed by atoms with Crippen LogP contribution in [0.2, 0.25) is 0 Å². The quantitative estimate of drug-likeness (QED) is 0.359. The first-order chi connectivity index (χ1) is 18.1. The molecule has 8 heteroatoms. The van der Waals surface area contributed by atoms with E-state index in [1.165, 1.54) is 13.2 Å². The van der Waals surface area contributed by atoms with Gasteiger partial charge in [0.2, 0.25) is 0 Å². The Bertz CT molecular complexity index is 1400. The third-order valence-electron chi connectivity index (χ3n) is 5.65. The van der Waals surface area contributed by atoms with Crippen molar-refractivity contribution < 1.29 is 29.0 Å². The van der Waals surface area contributed by atoms with Crippen LogP contribution in [0.4, 0.5) is 0 Å². The third-order valence-corrected chi connectivity index (χ3v) is 5.65. The Morgan fingerprint density at radius 1 is 1.00 bits per heavy atom. The van der Waals surface area contributed by atoms with Crippen molar-refractivity contribution in [3.8, 4) is 5.75 Å². The van der Waals surface area contributed by atoms with Crippen LogP contribution in [0.1, 0.15) is 73.5 Å². The SMILES string of the molecule is COC(=O)[C@H](Cc1ccc(OC(C)(C)C)cc1)NC(=O)c1cc(C(=O)O)c2cc(C=CC(C)(C)C)ccc2n1. The van der Waals surface area contributed by atoms with Gasteiger partial charge in [-0.2, -0.15) is 0 Å². The lowest BCUT2D eigenvalue weighted by Gasteiger charge is -2.21. The summed E-state index contributed by atoms with van der Waals surface area (Å²) in [7, 11) is 1.24. The van der Waals surface area contributed by atoms with Crippen LogP contribution in [0.5, 0.6) is 5.75 Å². The summed E-state index contributed by atoms with van der Waals surface area (Å²) in [4.78, 5) is 42.2. The van der Waals surface area contributed by atoms with E-state index in [1.54, 1.807) is 24.3 Å². The average molecular weight is 533 g/mol. The van der Waals surface area contributed by atoms with Gasteiger partial charge in [0, 0.05) is 11.8 Å². The highest BCUT2D eigenvalue weighted by molar-refractivity contribution is 6.06. The minimum absolute atomic E-state index is 0.0385. The fraction of sp³-hybridized carbons (Fsp3) is 0.355. The fourth-order valence-corrected chi connectivity index (χ4v) is 3.84. The molecule has 0 spiro atoms. The van der Waals surface area contributed by atoms with Crippen molar-refractivity contribution in [2.45, 2.75) is 59.6 Å². The van der Waals surface area contributed by atoms with E-state index in [2.05, 4.69) is 31.1 Å². The smallest absolute Gasteiger partial charge is 0.336 e. The Kier molecular flexibility index (Phi) is 8.79. The first-order valence-corrected chi connectivity index (χ1v) is 12.7. The molecule has 2 aromatic carbocycles. The summed E-state index contributed by atoms with van der Waals surface area (Å²) in [6.45, 7) is 12.0. The van der Waals surface area contributed by atoms with Crippen LogP contribution in [-0.4, -0.2) is 46.7 Å². The lowest BCUT2D eigenvalue weighted by Crippen LogP contribution is -2.43. The zero-order valence-corrected chi connectivity index (χ0v) is 23.5. The van der Waals surface area contributed by atoms with Crippen LogP contribution >= 0.6 is 0 Å². The number of carboxylic acids is 1. The number of rotatable bonds is 8. The zero-order valence-electron chi connectivity index (χ0n) is 23.5. The largest absolute Gasteiger partial charge is 0.488 e. The molecule has 0 aliphatic carbocycles. The van der Waals surface area contributed by atoms with Gasteiger partial charge in [0.1, 0.15) is 23.1 Å². The number of methoxy groups -OCH3 is 1. The molecule has 2 N–H and O–H groups in total. The van der Waals surface area contributed by atoms with E-state index in [1.807, 2.05) is 51.1 Å². The molecule has 0 unspecified atom stereocenters. The van der Waals surface area contributed by atoms with Crippen molar-refractivity contribution in [2.24, 2.45) is 5.41 Å². The van der Waals surface area contributed by atoms with Crippen LogP contribution in [-0.2, 0) is 16.0 Å². The van der Waals surface area contributed by atoms with Crippen molar-refractivity contribution in [3.63, 3.8) is 0 Å². The minimum atomic E-state index is -1.18. The van der Waals surface area contributed by atoms with E-state index in [-0.39, 0.29) is 28.7 Å². The number of carbonyl (C=O) groups is 3. The number of carboxylic acid groups (broad SMARTS) is 1. The number of allylic oxidation sites excluding steroid dienone is 1. The first-order valence-electron chi connectivity index (χ1n) is 12.7. The number of fused-ring (bicyclic) bond motifs is 1. The first kappa shape index (κ1) is 29.4. The Morgan fingerprint density at radius 2 is 1.67 bits per heavy atom. The Balaban J connectivity index is 1.88. The van der Waals surface area contributed by atoms with Crippen LogP contribution in [0, 0.1) is 5.41 Å². The summed E-state index contributed by atoms with van der Waals surface area (Å²) in [5.74, 6) is -1.81. The number of benzene rings is 2. The molecule has 0 aliphatic heterocycles. The van der Waals surface area contributed by atoms with Crippen LogP contribution in [0.15, 0.2) is 54.6 Å². The second-order valence-corrected chi connectivity index (χ2v) is 11.4. The lowest BCUT2D eigenvalue weighted by atomic mass is 9.95. The topological polar surface area (TPSA) is 115 Å². The Morgan fingerprint density at radius 3 is 2.23 bits per heavy atom. The highest BCUT2D eigenvalue weighted by Gasteiger charge is 2.25. The second kappa shape index (κ2) is 11.7. The van der Waals surface area contributed by atoms with Gasteiger partial charge in [0.15, 0.2) is 0 Å². The molecule has 0 aliphatic rings. The molecule has 1 aromatic heterocycles. The molecule has 0 radical (unpaired) electrons. The molecular formula is C31H36N2O6. The summed E-state index contributed by atoms with van der Waals surface area (Å²) in [5, 5.41) is 12.9. The van der Waals surface area contributed by atoms with Gasteiger partial charge >= 0.3 is 11.9 Å². The standard InChI is InChI=1S/C31H36N2O6/c1-30(2,3)15-14-20-10-13-24-22(16-20)23(28(35)36)18-25(32-24)27(34)33-26(29(37)38-7)17-19-8-11-21(12-9-19)39-31(4,5)6/h8-16,18,26H,17H2,1-7H3,(H,33,34)(H,35,36)/t26-/m0/s1. The summed E-state index contributed by atoms with van der Waals surface area (Å²) in [6, 6.07) is 12.7.